The Hall–Kier alpha value is -1.63. The first-order chi connectivity index (χ1) is 10.5. The zero-order valence-corrected chi connectivity index (χ0v) is 13.0. The molecule has 0 bridgehead atoms. The number of carboxylic acid groups (broad SMARTS) is 1. The van der Waals surface area contributed by atoms with Gasteiger partial charge in [0.1, 0.15) is 6.04 Å². The summed E-state index contributed by atoms with van der Waals surface area (Å²) in [4.78, 5) is 39.3. The zero-order chi connectivity index (χ0) is 16.1. The maximum atomic E-state index is 12.6. The van der Waals surface area contributed by atoms with Crippen LogP contribution in [-0.2, 0) is 19.1 Å². The second kappa shape index (κ2) is 7.58. The van der Waals surface area contributed by atoms with Crippen molar-refractivity contribution in [2.45, 2.75) is 38.1 Å². The van der Waals surface area contributed by atoms with Crippen molar-refractivity contribution in [1.82, 2.24) is 9.80 Å². The summed E-state index contributed by atoms with van der Waals surface area (Å²) in [6, 6.07) is -0.879. The summed E-state index contributed by atoms with van der Waals surface area (Å²) < 4.78 is 4.97. The highest BCUT2D eigenvalue weighted by Gasteiger charge is 2.40. The molecule has 2 rings (SSSR count). The van der Waals surface area contributed by atoms with E-state index in [-0.39, 0.29) is 24.2 Å². The van der Waals surface area contributed by atoms with Crippen molar-refractivity contribution < 1.29 is 24.2 Å². The molecule has 1 atom stereocenters. The third-order valence-electron chi connectivity index (χ3n) is 4.50. The van der Waals surface area contributed by atoms with Gasteiger partial charge in [0, 0.05) is 32.7 Å². The number of nitrogens with zero attached hydrogens (tertiary/aromatic N) is 2. The van der Waals surface area contributed by atoms with Crippen LogP contribution in [0.1, 0.15) is 32.1 Å². The van der Waals surface area contributed by atoms with Gasteiger partial charge in [-0.25, -0.2) is 0 Å². The molecular formula is C15H24N2O5. The Balaban J connectivity index is 2.09. The molecule has 1 heterocycles. The number of hydrogen-bond donors (Lipinski definition) is 1. The smallest absolute Gasteiger partial charge is 0.305 e. The summed E-state index contributed by atoms with van der Waals surface area (Å²) in [5, 5.41) is 9.08. The number of methoxy groups -OCH3 is 1. The first kappa shape index (κ1) is 16.7. The summed E-state index contributed by atoms with van der Waals surface area (Å²) in [6.45, 7) is 1.68. The molecule has 2 amide bonds. The normalized spacial score (nSPS) is 23.1. The van der Waals surface area contributed by atoms with Gasteiger partial charge in [-0.1, -0.05) is 12.8 Å². The number of carboxylic acids is 1. The summed E-state index contributed by atoms with van der Waals surface area (Å²) in [5.74, 6) is -1.44. The van der Waals surface area contributed by atoms with Gasteiger partial charge in [-0.2, -0.15) is 0 Å². The highest BCUT2D eigenvalue weighted by Crippen LogP contribution is 2.28. The van der Waals surface area contributed by atoms with Crippen LogP contribution in [0.25, 0.3) is 0 Å². The predicted octanol–water partition coefficient (Wildman–Crippen LogP) is 0.337. The molecule has 0 spiro atoms. The molecule has 1 saturated heterocycles. The largest absolute Gasteiger partial charge is 0.481 e. The van der Waals surface area contributed by atoms with Gasteiger partial charge < -0.3 is 19.6 Å². The molecule has 1 aliphatic heterocycles. The Bertz CT molecular complexity index is 434. The number of carbonyl (C=O) groups is 3. The van der Waals surface area contributed by atoms with Crippen LogP contribution in [0.2, 0.25) is 0 Å². The van der Waals surface area contributed by atoms with Gasteiger partial charge in [-0.05, 0) is 12.8 Å². The van der Waals surface area contributed by atoms with Crippen LogP contribution in [0.3, 0.4) is 0 Å². The molecule has 1 aliphatic carbocycles. The quantitative estimate of drug-likeness (QED) is 0.764. The fourth-order valence-electron chi connectivity index (χ4n) is 3.30. The number of hydrogen-bond acceptors (Lipinski definition) is 4. The van der Waals surface area contributed by atoms with E-state index in [0.717, 1.165) is 25.7 Å². The molecule has 2 aliphatic rings. The molecule has 124 valence electrons. The van der Waals surface area contributed by atoms with Crippen molar-refractivity contribution in [3.63, 3.8) is 0 Å². The van der Waals surface area contributed by atoms with Crippen LogP contribution in [0.4, 0.5) is 0 Å². The van der Waals surface area contributed by atoms with E-state index < -0.39 is 12.0 Å². The van der Waals surface area contributed by atoms with Gasteiger partial charge >= 0.3 is 5.97 Å². The van der Waals surface area contributed by atoms with Crippen LogP contribution in [-0.4, -0.2) is 72.1 Å². The molecule has 22 heavy (non-hydrogen) atoms. The van der Waals surface area contributed by atoms with Crippen LogP contribution in [0.15, 0.2) is 0 Å². The fourth-order valence-corrected chi connectivity index (χ4v) is 3.30. The van der Waals surface area contributed by atoms with Crippen LogP contribution in [0.5, 0.6) is 0 Å². The molecule has 2 fully saturated rings. The summed E-state index contributed by atoms with van der Waals surface area (Å²) >= 11 is 0. The lowest BCUT2D eigenvalue weighted by atomic mass is 10.0. The SMILES string of the molecule is COCCN1CCN(C(=O)C2CCCC2)C(CC(=O)O)C1=O. The second-order valence-electron chi connectivity index (χ2n) is 5.94. The Morgan fingerprint density at radius 3 is 2.55 bits per heavy atom. The number of piperazine rings is 1. The van der Waals surface area contributed by atoms with E-state index in [9.17, 15) is 14.4 Å². The standard InChI is InChI=1S/C15H24N2O5/c1-22-9-8-16-6-7-17(12(15(16)21)10-13(18)19)14(20)11-4-2-3-5-11/h11-12H,2-10H2,1H3,(H,18,19). The van der Waals surface area contributed by atoms with Gasteiger partial charge in [0.25, 0.3) is 0 Å². The zero-order valence-electron chi connectivity index (χ0n) is 13.0. The fraction of sp³-hybridized carbons (Fsp3) is 0.800. The molecule has 1 saturated carbocycles. The molecule has 0 radical (unpaired) electrons. The molecular weight excluding hydrogens is 288 g/mol. The molecule has 1 N–H and O–H groups in total. The van der Waals surface area contributed by atoms with Crippen LogP contribution in [0, 0.1) is 5.92 Å². The van der Waals surface area contributed by atoms with E-state index in [1.54, 1.807) is 12.0 Å². The van der Waals surface area contributed by atoms with Crippen molar-refractivity contribution in [2.75, 3.05) is 33.4 Å². The number of carbonyl (C=O) groups excluding carboxylic acids is 2. The molecule has 0 aromatic carbocycles. The second-order valence-corrected chi connectivity index (χ2v) is 5.94. The Morgan fingerprint density at radius 2 is 1.95 bits per heavy atom. The van der Waals surface area contributed by atoms with E-state index in [4.69, 9.17) is 9.84 Å². The molecule has 0 aromatic rings. The summed E-state index contributed by atoms with van der Waals surface area (Å²) in [6.07, 6.45) is 3.41. The van der Waals surface area contributed by atoms with E-state index in [1.807, 2.05) is 0 Å². The third-order valence-corrected chi connectivity index (χ3v) is 4.50. The maximum absolute atomic E-state index is 12.6. The minimum atomic E-state index is -1.06. The summed E-state index contributed by atoms with van der Waals surface area (Å²) in [7, 11) is 1.55. The summed E-state index contributed by atoms with van der Waals surface area (Å²) in [5.41, 5.74) is 0. The predicted molar refractivity (Wildman–Crippen MR) is 78.2 cm³/mol. The molecule has 0 aromatic heterocycles. The number of rotatable bonds is 6. The Kier molecular flexibility index (Phi) is 5.76. The topological polar surface area (TPSA) is 87.2 Å². The van der Waals surface area contributed by atoms with Gasteiger partial charge in [-0.3, -0.25) is 14.4 Å². The lowest BCUT2D eigenvalue weighted by Gasteiger charge is -2.41. The van der Waals surface area contributed by atoms with Crippen molar-refractivity contribution >= 4 is 17.8 Å². The average molecular weight is 312 g/mol. The first-order valence-corrected chi connectivity index (χ1v) is 7.84. The van der Waals surface area contributed by atoms with Crippen molar-refractivity contribution in [2.24, 2.45) is 5.92 Å². The number of aliphatic carboxylic acids is 1. The van der Waals surface area contributed by atoms with E-state index in [1.165, 1.54) is 4.90 Å². The van der Waals surface area contributed by atoms with Gasteiger partial charge in [0.15, 0.2) is 0 Å². The Labute approximate surface area is 130 Å². The number of amides is 2. The minimum absolute atomic E-state index is 0.0466. The highest BCUT2D eigenvalue weighted by molar-refractivity contribution is 5.92. The molecule has 7 heteroatoms. The minimum Gasteiger partial charge on any atom is -0.481 e. The van der Waals surface area contributed by atoms with Gasteiger partial charge in [0.2, 0.25) is 11.8 Å². The lowest BCUT2D eigenvalue weighted by molar-refractivity contribution is -0.157. The maximum Gasteiger partial charge on any atom is 0.305 e. The first-order valence-electron chi connectivity index (χ1n) is 7.84. The average Bonchev–Trinajstić information content (AvgIpc) is 3.01. The number of ether oxygens (including phenoxy) is 1. The van der Waals surface area contributed by atoms with Crippen LogP contribution < -0.4 is 0 Å². The van der Waals surface area contributed by atoms with Gasteiger partial charge in [-0.15, -0.1) is 0 Å². The van der Waals surface area contributed by atoms with E-state index in [0.29, 0.717) is 26.2 Å². The van der Waals surface area contributed by atoms with E-state index in [2.05, 4.69) is 0 Å². The van der Waals surface area contributed by atoms with Crippen molar-refractivity contribution in [3.05, 3.63) is 0 Å². The van der Waals surface area contributed by atoms with Crippen molar-refractivity contribution in [1.29, 1.82) is 0 Å². The van der Waals surface area contributed by atoms with Crippen molar-refractivity contribution in [3.8, 4) is 0 Å². The molecule has 1 unspecified atom stereocenters. The monoisotopic (exact) mass is 312 g/mol. The van der Waals surface area contributed by atoms with E-state index >= 15 is 0 Å². The third kappa shape index (κ3) is 3.76. The molecule has 7 nitrogen and oxygen atoms in total. The van der Waals surface area contributed by atoms with Crippen LogP contribution >= 0.6 is 0 Å². The highest BCUT2D eigenvalue weighted by atomic mass is 16.5. The lowest BCUT2D eigenvalue weighted by Crippen LogP contribution is -2.60. The van der Waals surface area contributed by atoms with Gasteiger partial charge in [0.05, 0.1) is 13.0 Å². The Morgan fingerprint density at radius 1 is 1.27 bits per heavy atom.